The van der Waals surface area contributed by atoms with Gasteiger partial charge in [0.15, 0.2) is 0 Å². The Hall–Kier alpha value is -1.13. The Balaban J connectivity index is 1.82. The van der Waals surface area contributed by atoms with E-state index in [1.165, 1.54) is 23.3 Å². The predicted molar refractivity (Wildman–Crippen MR) is 72.0 cm³/mol. The van der Waals surface area contributed by atoms with Crippen molar-refractivity contribution in [1.29, 1.82) is 0 Å². The highest BCUT2D eigenvalue weighted by molar-refractivity contribution is 7.14. The minimum Gasteiger partial charge on any atom is -0.394 e. The number of aliphatic hydroxyl groups excluding tert-OH is 1. The first-order valence-electron chi connectivity index (χ1n) is 6.49. The van der Waals surface area contributed by atoms with Crippen molar-refractivity contribution in [2.24, 2.45) is 0 Å². The fourth-order valence-corrected chi connectivity index (χ4v) is 3.91. The minimum absolute atomic E-state index is 0.00727. The second kappa shape index (κ2) is 4.86. The molecule has 0 radical (unpaired) electrons. The molecule has 1 aromatic rings. The third-order valence-electron chi connectivity index (χ3n) is 3.72. The highest BCUT2D eigenvalue weighted by Gasteiger charge is 2.27. The average molecular weight is 263 g/mol. The van der Waals surface area contributed by atoms with Gasteiger partial charge in [0.2, 0.25) is 0 Å². The zero-order chi connectivity index (χ0) is 12.5. The van der Waals surface area contributed by atoms with Crippen molar-refractivity contribution in [3.05, 3.63) is 33.5 Å². The largest absolute Gasteiger partial charge is 0.394 e. The summed E-state index contributed by atoms with van der Waals surface area (Å²) in [4.78, 5) is 16.4. The molecule has 0 bridgehead atoms. The molecule has 1 amide bonds. The Labute approximate surface area is 111 Å². The summed E-state index contributed by atoms with van der Waals surface area (Å²) in [5.41, 5.74) is 1.36. The maximum absolute atomic E-state index is 12.4. The van der Waals surface area contributed by atoms with Gasteiger partial charge in [0.1, 0.15) is 0 Å². The van der Waals surface area contributed by atoms with E-state index in [0.717, 1.165) is 17.7 Å². The Kier molecular flexibility index (Phi) is 3.22. The number of carbonyl (C=O) groups is 1. The van der Waals surface area contributed by atoms with Crippen LogP contribution in [0.15, 0.2) is 18.2 Å². The summed E-state index contributed by atoms with van der Waals surface area (Å²) in [6, 6.07) is 1.92. The summed E-state index contributed by atoms with van der Waals surface area (Å²) in [7, 11) is 0. The van der Waals surface area contributed by atoms with Crippen molar-refractivity contribution in [3.63, 3.8) is 0 Å². The number of hydrogen-bond donors (Lipinski definition) is 1. The summed E-state index contributed by atoms with van der Waals surface area (Å²) in [6.45, 7) is 0.625. The molecule has 1 N–H and O–H groups in total. The average Bonchev–Trinajstić information content (AvgIpc) is 3.03. The number of rotatable bonds is 2. The van der Waals surface area contributed by atoms with E-state index in [0.29, 0.717) is 6.54 Å². The highest BCUT2D eigenvalue weighted by Crippen LogP contribution is 2.31. The molecule has 18 heavy (non-hydrogen) atoms. The summed E-state index contributed by atoms with van der Waals surface area (Å²) >= 11 is 1.64. The van der Waals surface area contributed by atoms with E-state index in [1.54, 1.807) is 16.2 Å². The quantitative estimate of drug-likeness (QED) is 0.829. The fraction of sp³-hybridized carbons (Fsp3) is 0.500. The van der Waals surface area contributed by atoms with E-state index < -0.39 is 0 Å². The lowest BCUT2D eigenvalue weighted by atomic mass is 9.99. The second-order valence-electron chi connectivity index (χ2n) is 4.90. The van der Waals surface area contributed by atoms with E-state index in [-0.39, 0.29) is 18.6 Å². The molecule has 2 aliphatic rings. The molecule has 96 valence electrons. The molecule has 4 heteroatoms. The topological polar surface area (TPSA) is 40.5 Å². The van der Waals surface area contributed by atoms with Crippen molar-refractivity contribution in [2.45, 2.75) is 31.7 Å². The zero-order valence-electron chi connectivity index (χ0n) is 10.3. The molecule has 1 aliphatic heterocycles. The number of hydrogen-bond acceptors (Lipinski definition) is 3. The SMILES string of the molecule is O=C(c1cc2c(s1)CCCC2)N1CC=CC1CO. The van der Waals surface area contributed by atoms with Gasteiger partial charge in [-0.25, -0.2) is 0 Å². The molecule has 3 rings (SSSR count). The second-order valence-corrected chi connectivity index (χ2v) is 6.04. The van der Waals surface area contributed by atoms with Crippen LogP contribution < -0.4 is 0 Å². The van der Waals surface area contributed by atoms with Gasteiger partial charge in [0.25, 0.3) is 5.91 Å². The highest BCUT2D eigenvalue weighted by atomic mass is 32.1. The van der Waals surface area contributed by atoms with Crippen LogP contribution in [-0.2, 0) is 12.8 Å². The maximum atomic E-state index is 12.4. The predicted octanol–water partition coefficient (Wildman–Crippen LogP) is 2.00. The molecular weight excluding hydrogens is 246 g/mol. The van der Waals surface area contributed by atoms with E-state index in [1.807, 2.05) is 12.2 Å². The van der Waals surface area contributed by atoms with Gasteiger partial charge in [-0.1, -0.05) is 12.2 Å². The lowest BCUT2D eigenvalue weighted by Gasteiger charge is -2.22. The van der Waals surface area contributed by atoms with Crippen molar-refractivity contribution in [3.8, 4) is 0 Å². The Morgan fingerprint density at radius 3 is 3.06 bits per heavy atom. The molecule has 0 saturated heterocycles. The smallest absolute Gasteiger partial charge is 0.264 e. The van der Waals surface area contributed by atoms with E-state index in [4.69, 9.17) is 0 Å². The molecule has 3 nitrogen and oxygen atoms in total. The van der Waals surface area contributed by atoms with Crippen LogP contribution in [-0.4, -0.2) is 35.1 Å². The molecule has 2 heterocycles. The molecule has 1 aromatic heterocycles. The number of aliphatic hydroxyl groups is 1. The zero-order valence-corrected chi connectivity index (χ0v) is 11.1. The molecule has 0 saturated carbocycles. The van der Waals surface area contributed by atoms with Crippen LogP contribution in [0.5, 0.6) is 0 Å². The van der Waals surface area contributed by atoms with Crippen molar-refractivity contribution >= 4 is 17.2 Å². The number of aryl methyl sites for hydroxylation is 2. The first-order valence-corrected chi connectivity index (χ1v) is 7.31. The normalized spacial score (nSPS) is 22.3. The molecule has 0 fully saturated rings. The van der Waals surface area contributed by atoms with E-state index in [2.05, 4.69) is 6.07 Å². The van der Waals surface area contributed by atoms with Gasteiger partial charge in [0.05, 0.1) is 17.5 Å². The molecule has 1 aliphatic carbocycles. The summed E-state index contributed by atoms with van der Waals surface area (Å²) < 4.78 is 0. The van der Waals surface area contributed by atoms with Crippen LogP contribution in [0.2, 0.25) is 0 Å². The lowest BCUT2D eigenvalue weighted by Crippen LogP contribution is -2.37. The first-order chi connectivity index (χ1) is 8.79. The summed E-state index contributed by atoms with van der Waals surface area (Å²) in [5.74, 6) is 0.0680. The van der Waals surface area contributed by atoms with Crippen LogP contribution in [0.25, 0.3) is 0 Å². The molecule has 0 aromatic carbocycles. The monoisotopic (exact) mass is 263 g/mol. The van der Waals surface area contributed by atoms with E-state index in [9.17, 15) is 9.90 Å². The van der Waals surface area contributed by atoms with Crippen LogP contribution in [0.4, 0.5) is 0 Å². The third-order valence-corrected chi connectivity index (χ3v) is 4.94. The van der Waals surface area contributed by atoms with Crippen LogP contribution in [0.1, 0.15) is 33.0 Å². The van der Waals surface area contributed by atoms with Crippen molar-refractivity contribution < 1.29 is 9.90 Å². The van der Waals surface area contributed by atoms with Crippen LogP contribution in [0.3, 0.4) is 0 Å². The first kappa shape index (κ1) is 11.9. The van der Waals surface area contributed by atoms with Gasteiger partial charge in [-0.2, -0.15) is 0 Å². The lowest BCUT2D eigenvalue weighted by molar-refractivity contribution is 0.0705. The van der Waals surface area contributed by atoms with Crippen molar-refractivity contribution in [1.82, 2.24) is 4.90 Å². The standard InChI is InChI=1S/C14H17NO2S/c16-9-11-5-3-7-15(11)14(17)13-8-10-4-1-2-6-12(10)18-13/h3,5,8,11,16H,1-2,4,6-7,9H2. The van der Waals surface area contributed by atoms with Gasteiger partial charge in [-0.3, -0.25) is 4.79 Å². The number of carbonyl (C=O) groups excluding carboxylic acids is 1. The Morgan fingerprint density at radius 1 is 1.44 bits per heavy atom. The number of thiophene rings is 1. The van der Waals surface area contributed by atoms with Crippen LogP contribution in [0, 0.1) is 0 Å². The number of nitrogens with zero attached hydrogens (tertiary/aromatic N) is 1. The third kappa shape index (κ3) is 1.99. The Morgan fingerprint density at radius 2 is 2.28 bits per heavy atom. The fourth-order valence-electron chi connectivity index (χ4n) is 2.70. The Bertz CT molecular complexity index is 468. The van der Waals surface area contributed by atoms with Gasteiger partial charge < -0.3 is 10.0 Å². The number of fused-ring (bicyclic) bond motifs is 1. The number of amides is 1. The maximum Gasteiger partial charge on any atom is 0.264 e. The van der Waals surface area contributed by atoms with Gasteiger partial charge in [-0.15, -0.1) is 11.3 Å². The van der Waals surface area contributed by atoms with Crippen LogP contribution >= 0.6 is 11.3 Å². The molecular formula is C14H17NO2S. The molecule has 1 atom stereocenters. The summed E-state index contributed by atoms with van der Waals surface area (Å²) in [6.07, 6.45) is 8.57. The molecule has 1 unspecified atom stereocenters. The van der Waals surface area contributed by atoms with Gasteiger partial charge in [0, 0.05) is 11.4 Å². The van der Waals surface area contributed by atoms with Gasteiger partial charge in [-0.05, 0) is 37.3 Å². The molecule has 0 spiro atoms. The van der Waals surface area contributed by atoms with Crippen molar-refractivity contribution in [2.75, 3.05) is 13.2 Å². The minimum atomic E-state index is -0.142. The van der Waals surface area contributed by atoms with E-state index >= 15 is 0 Å². The summed E-state index contributed by atoms with van der Waals surface area (Å²) in [5, 5.41) is 9.25. The van der Waals surface area contributed by atoms with Gasteiger partial charge >= 0.3 is 0 Å².